The van der Waals surface area contributed by atoms with Crippen LogP contribution in [-0.2, 0) is 4.74 Å². The van der Waals surface area contributed by atoms with E-state index in [0.717, 1.165) is 6.07 Å². The molecule has 2 nitrogen and oxygen atoms in total. The highest BCUT2D eigenvalue weighted by Crippen LogP contribution is 2.03. The Labute approximate surface area is 70.0 Å². The summed E-state index contributed by atoms with van der Waals surface area (Å²) in [5.74, 6) is -0.704. The van der Waals surface area contributed by atoms with Crippen molar-refractivity contribution in [1.29, 1.82) is 0 Å². The van der Waals surface area contributed by atoms with Crippen LogP contribution in [0.1, 0.15) is 10.4 Å². The summed E-state index contributed by atoms with van der Waals surface area (Å²) < 4.78 is 17.2. The molecule has 12 heavy (non-hydrogen) atoms. The topological polar surface area (TPSA) is 26.3 Å². The molecule has 1 aromatic carbocycles. The average Bonchev–Trinajstić information content (AvgIpc) is 2.05. The Kier molecular flexibility index (Phi) is 2.94. The van der Waals surface area contributed by atoms with Crippen LogP contribution in [0.25, 0.3) is 0 Å². The van der Waals surface area contributed by atoms with Gasteiger partial charge in [-0.1, -0.05) is 6.07 Å². The van der Waals surface area contributed by atoms with Crippen molar-refractivity contribution in [3.05, 3.63) is 35.6 Å². The van der Waals surface area contributed by atoms with E-state index in [1.54, 1.807) is 0 Å². The van der Waals surface area contributed by atoms with Crippen LogP contribution in [0, 0.1) is 11.9 Å². The number of Topliss-reactive ketones (excluding diaryl/α,β-unsaturated/α-hetero) is 1. The molecule has 0 bridgehead atoms. The van der Waals surface area contributed by atoms with Gasteiger partial charge in [-0.2, -0.15) is 0 Å². The molecule has 0 unspecified atom stereocenters. The molecule has 0 N–H and O–H groups in total. The molecular formula is C9H8FO2. The Balaban J connectivity index is 2.81. The van der Waals surface area contributed by atoms with E-state index in [4.69, 9.17) is 0 Å². The molecule has 1 rings (SSSR count). The maximum Gasteiger partial charge on any atom is 0.189 e. The van der Waals surface area contributed by atoms with Crippen LogP contribution in [0.5, 0.6) is 0 Å². The maximum atomic E-state index is 12.6. The van der Waals surface area contributed by atoms with Gasteiger partial charge in [0.1, 0.15) is 12.4 Å². The number of benzene rings is 1. The Hall–Kier alpha value is -1.22. The van der Waals surface area contributed by atoms with Gasteiger partial charge in [0.25, 0.3) is 0 Å². The third kappa shape index (κ3) is 2.13. The first-order valence-corrected chi connectivity index (χ1v) is 3.43. The second-order valence-electron chi connectivity index (χ2n) is 2.28. The van der Waals surface area contributed by atoms with Crippen LogP contribution in [-0.4, -0.2) is 19.5 Å². The predicted octanol–water partition coefficient (Wildman–Crippen LogP) is 1.45. The second-order valence-corrected chi connectivity index (χ2v) is 2.28. The van der Waals surface area contributed by atoms with Crippen molar-refractivity contribution in [2.45, 2.75) is 0 Å². The lowest BCUT2D eigenvalue weighted by Gasteiger charge is -1.97. The summed E-state index contributed by atoms with van der Waals surface area (Å²) in [7, 11) is 1.41. The molecule has 0 atom stereocenters. The monoisotopic (exact) mass is 167 g/mol. The summed E-state index contributed by atoms with van der Waals surface area (Å²) in [6.45, 7) is -0.0417. The number of hydrogen-bond donors (Lipinski definition) is 0. The molecular weight excluding hydrogens is 159 g/mol. The van der Waals surface area contributed by atoms with E-state index in [9.17, 15) is 9.18 Å². The summed E-state index contributed by atoms with van der Waals surface area (Å²) in [5, 5.41) is 0. The Bertz CT molecular complexity index is 284. The summed E-state index contributed by atoms with van der Waals surface area (Å²) >= 11 is 0. The quantitative estimate of drug-likeness (QED) is 0.637. The fraction of sp³-hybridized carbons (Fsp3) is 0.222. The molecule has 0 aliphatic heterocycles. The van der Waals surface area contributed by atoms with Gasteiger partial charge >= 0.3 is 0 Å². The second kappa shape index (κ2) is 3.97. The molecule has 0 aromatic heterocycles. The highest BCUT2D eigenvalue weighted by Gasteiger charge is 2.05. The minimum atomic E-state index is -0.437. The molecule has 63 valence electrons. The standard InChI is InChI=1S/C9H8FO2/c1-12-6-9(11)7-3-2-4-8(10)5-7/h2,4-5H,6H2,1H3. The number of hydrogen-bond acceptors (Lipinski definition) is 2. The first-order valence-electron chi connectivity index (χ1n) is 3.43. The van der Waals surface area contributed by atoms with Crippen molar-refractivity contribution in [1.82, 2.24) is 0 Å². The van der Waals surface area contributed by atoms with Gasteiger partial charge in [-0.25, -0.2) is 4.39 Å². The van der Waals surface area contributed by atoms with Crippen LogP contribution in [0.4, 0.5) is 4.39 Å². The fourth-order valence-electron chi connectivity index (χ4n) is 0.809. The lowest BCUT2D eigenvalue weighted by atomic mass is 10.1. The summed E-state index contributed by atoms with van der Waals surface area (Å²) in [6.07, 6.45) is 0. The van der Waals surface area contributed by atoms with E-state index in [0.29, 0.717) is 0 Å². The molecule has 0 aliphatic rings. The van der Waals surface area contributed by atoms with E-state index in [1.165, 1.54) is 19.2 Å². The van der Waals surface area contributed by atoms with Gasteiger partial charge in [-0.3, -0.25) is 4.79 Å². The normalized spacial score (nSPS) is 9.83. The summed E-state index contributed by atoms with van der Waals surface area (Å²) in [4.78, 5) is 11.1. The van der Waals surface area contributed by atoms with Crippen LogP contribution in [0.3, 0.4) is 0 Å². The maximum absolute atomic E-state index is 12.6. The van der Waals surface area contributed by atoms with Gasteiger partial charge in [-0.05, 0) is 18.2 Å². The zero-order valence-electron chi connectivity index (χ0n) is 6.63. The van der Waals surface area contributed by atoms with Crippen molar-refractivity contribution in [2.24, 2.45) is 0 Å². The molecule has 0 saturated carbocycles. The highest BCUT2D eigenvalue weighted by atomic mass is 19.1. The third-order valence-electron chi connectivity index (χ3n) is 1.34. The van der Waals surface area contributed by atoms with Gasteiger partial charge in [0.15, 0.2) is 5.78 Å². The zero-order chi connectivity index (χ0) is 8.97. The minimum absolute atomic E-state index is 0.0417. The first kappa shape index (κ1) is 8.87. The molecule has 0 saturated heterocycles. The number of ether oxygens (including phenoxy) is 1. The fourth-order valence-corrected chi connectivity index (χ4v) is 0.809. The van der Waals surface area contributed by atoms with Crippen LogP contribution < -0.4 is 0 Å². The lowest BCUT2D eigenvalue weighted by molar-refractivity contribution is 0.0847. The van der Waals surface area contributed by atoms with Gasteiger partial charge in [0, 0.05) is 12.7 Å². The molecule has 1 aromatic rings. The Morgan fingerprint density at radius 2 is 2.50 bits per heavy atom. The van der Waals surface area contributed by atoms with Gasteiger partial charge < -0.3 is 4.74 Å². The Morgan fingerprint density at radius 3 is 3.08 bits per heavy atom. The first-order chi connectivity index (χ1) is 5.74. The number of rotatable bonds is 3. The van der Waals surface area contributed by atoms with Crippen molar-refractivity contribution < 1.29 is 13.9 Å². The van der Waals surface area contributed by atoms with E-state index in [1.807, 2.05) is 0 Å². The molecule has 1 radical (unpaired) electrons. The van der Waals surface area contributed by atoms with E-state index in [-0.39, 0.29) is 18.0 Å². The molecule has 0 amide bonds. The predicted molar refractivity (Wildman–Crippen MR) is 41.4 cm³/mol. The van der Waals surface area contributed by atoms with Crippen molar-refractivity contribution >= 4 is 5.78 Å². The lowest BCUT2D eigenvalue weighted by Crippen LogP contribution is -2.07. The molecule has 3 heteroatoms. The number of carbonyl (C=O) groups excluding carboxylic acids is 1. The van der Waals surface area contributed by atoms with E-state index < -0.39 is 5.82 Å². The summed E-state index contributed by atoms with van der Waals surface area (Å²) in [6, 6.07) is 6.38. The minimum Gasteiger partial charge on any atom is -0.377 e. The molecule has 0 fully saturated rings. The average molecular weight is 167 g/mol. The van der Waals surface area contributed by atoms with Crippen molar-refractivity contribution in [3.8, 4) is 0 Å². The number of carbonyl (C=O) groups is 1. The van der Waals surface area contributed by atoms with E-state index >= 15 is 0 Å². The third-order valence-corrected chi connectivity index (χ3v) is 1.34. The van der Waals surface area contributed by atoms with Crippen LogP contribution in [0.2, 0.25) is 0 Å². The van der Waals surface area contributed by atoms with Crippen molar-refractivity contribution in [3.63, 3.8) is 0 Å². The number of halogens is 1. The summed E-state index contributed by atoms with van der Waals surface area (Å²) in [5.41, 5.74) is 0.219. The highest BCUT2D eigenvalue weighted by molar-refractivity contribution is 5.96. The van der Waals surface area contributed by atoms with Crippen molar-refractivity contribution in [2.75, 3.05) is 13.7 Å². The largest absolute Gasteiger partial charge is 0.377 e. The Morgan fingerprint density at radius 1 is 1.75 bits per heavy atom. The van der Waals surface area contributed by atoms with Gasteiger partial charge in [0.05, 0.1) is 0 Å². The molecule has 0 spiro atoms. The van der Waals surface area contributed by atoms with Crippen LogP contribution in [0.15, 0.2) is 18.2 Å². The molecule has 0 aliphatic carbocycles. The van der Waals surface area contributed by atoms with Gasteiger partial charge in [-0.15, -0.1) is 0 Å². The SMILES string of the molecule is COCC(=O)c1[c]ccc(F)c1. The number of methoxy groups -OCH3 is 1. The zero-order valence-corrected chi connectivity index (χ0v) is 6.63. The smallest absolute Gasteiger partial charge is 0.189 e. The molecule has 0 heterocycles. The van der Waals surface area contributed by atoms with Crippen LogP contribution >= 0.6 is 0 Å². The number of ketones is 1. The van der Waals surface area contributed by atoms with E-state index in [2.05, 4.69) is 10.8 Å². The van der Waals surface area contributed by atoms with Gasteiger partial charge in [0.2, 0.25) is 0 Å².